The summed E-state index contributed by atoms with van der Waals surface area (Å²) in [5.41, 5.74) is 1.10. The minimum Gasteiger partial charge on any atom is -0.497 e. The predicted octanol–water partition coefficient (Wildman–Crippen LogP) is 3.22. The molecule has 1 atom stereocenters. The third kappa shape index (κ3) is 4.42. The molecule has 2 heterocycles. The van der Waals surface area contributed by atoms with E-state index in [1.54, 1.807) is 31.4 Å². The third-order valence-electron chi connectivity index (χ3n) is 4.84. The first-order valence-corrected chi connectivity index (χ1v) is 9.30. The number of ether oxygens (including phenoxy) is 2. The molecule has 1 saturated heterocycles. The summed E-state index contributed by atoms with van der Waals surface area (Å²) in [5.74, 6) is 1.09. The lowest BCUT2D eigenvalue weighted by Crippen LogP contribution is -2.39. The van der Waals surface area contributed by atoms with Gasteiger partial charge in [-0.25, -0.2) is 0 Å². The molecule has 0 saturated carbocycles. The summed E-state index contributed by atoms with van der Waals surface area (Å²) in [6.07, 6.45) is 3.62. The summed E-state index contributed by atoms with van der Waals surface area (Å²) < 4.78 is 10.5. The van der Waals surface area contributed by atoms with E-state index in [0.717, 1.165) is 25.9 Å². The average molecular weight is 383 g/mol. The minimum atomic E-state index is -0.423. The Labute approximate surface area is 164 Å². The van der Waals surface area contributed by atoms with Crippen molar-refractivity contribution in [2.75, 3.05) is 32.6 Å². The van der Waals surface area contributed by atoms with Crippen LogP contribution in [0.15, 0.2) is 36.5 Å². The number of carbonyl (C=O) groups is 2. The number of piperidine rings is 1. The van der Waals surface area contributed by atoms with E-state index < -0.39 is 5.91 Å². The first kappa shape index (κ1) is 19.7. The molecule has 2 amide bonds. The molecule has 3 rings (SSSR count). The maximum Gasteiger partial charge on any atom is 0.274 e. The lowest BCUT2D eigenvalue weighted by molar-refractivity contribution is 0.0683. The van der Waals surface area contributed by atoms with Gasteiger partial charge in [0.1, 0.15) is 17.2 Å². The fourth-order valence-corrected chi connectivity index (χ4v) is 3.34. The summed E-state index contributed by atoms with van der Waals surface area (Å²) in [6, 6.07) is 8.29. The van der Waals surface area contributed by atoms with Crippen molar-refractivity contribution in [1.82, 2.24) is 9.88 Å². The molecular weight excluding hydrogens is 358 g/mol. The van der Waals surface area contributed by atoms with Crippen LogP contribution in [0.25, 0.3) is 0 Å². The van der Waals surface area contributed by atoms with Gasteiger partial charge in [0.25, 0.3) is 11.8 Å². The molecule has 1 aromatic heterocycles. The number of aromatic nitrogens is 1. The Bertz CT molecular complexity index is 868. The normalized spacial score (nSPS) is 16.4. The van der Waals surface area contributed by atoms with Gasteiger partial charge < -0.3 is 19.7 Å². The molecular formula is C21H25N3O4. The van der Waals surface area contributed by atoms with Crippen molar-refractivity contribution in [3.05, 3.63) is 47.8 Å². The molecule has 2 aromatic rings. The van der Waals surface area contributed by atoms with Crippen molar-refractivity contribution in [3.8, 4) is 11.5 Å². The molecule has 148 valence electrons. The number of carbonyl (C=O) groups excluding carboxylic acids is 2. The molecule has 0 radical (unpaired) electrons. The number of rotatable bonds is 5. The van der Waals surface area contributed by atoms with Crippen molar-refractivity contribution in [2.24, 2.45) is 5.92 Å². The number of amides is 2. The molecule has 0 aliphatic carbocycles. The lowest BCUT2D eigenvalue weighted by Gasteiger charge is -2.31. The molecule has 1 aliphatic heterocycles. The Hall–Kier alpha value is -3.09. The van der Waals surface area contributed by atoms with Crippen LogP contribution in [0.5, 0.6) is 11.5 Å². The second-order valence-electron chi connectivity index (χ2n) is 6.95. The zero-order valence-electron chi connectivity index (χ0n) is 16.4. The first-order valence-electron chi connectivity index (χ1n) is 9.30. The number of hydrogen-bond donors (Lipinski definition) is 1. The van der Waals surface area contributed by atoms with Gasteiger partial charge in [0.15, 0.2) is 0 Å². The number of anilines is 1. The van der Waals surface area contributed by atoms with E-state index in [2.05, 4.69) is 17.2 Å². The highest BCUT2D eigenvalue weighted by Gasteiger charge is 2.23. The van der Waals surface area contributed by atoms with Gasteiger partial charge in [0.2, 0.25) is 0 Å². The van der Waals surface area contributed by atoms with Crippen LogP contribution in [0.1, 0.15) is 40.6 Å². The van der Waals surface area contributed by atoms with Crippen LogP contribution in [0.2, 0.25) is 0 Å². The minimum absolute atomic E-state index is 0.0676. The molecule has 7 nitrogen and oxygen atoms in total. The number of hydrogen-bond acceptors (Lipinski definition) is 5. The Morgan fingerprint density at radius 1 is 1.18 bits per heavy atom. The van der Waals surface area contributed by atoms with E-state index >= 15 is 0 Å². The monoisotopic (exact) mass is 383 g/mol. The molecule has 1 fully saturated rings. The SMILES string of the molecule is COc1ccc(OC)c(NC(=O)c2cc(C(=O)N3CCCC(C)C3)ccn2)c1. The lowest BCUT2D eigenvalue weighted by atomic mass is 9.99. The Morgan fingerprint density at radius 3 is 2.71 bits per heavy atom. The van der Waals surface area contributed by atoms with E-state index in [-0.39, 0.29) is 11.6 Å². The molecule has 1 aliphatic rings. The molecule has 1 N–H and O–H groups in total. The fraction of sp³-hybridized carbons (Fsp3) is 0.381. The van der Waals surface area contributed by atoms with Crippen LogP contribution in [-0.4, -0.2) is 49.0 Å². The second kappa shape index (κ2) is 8.73. The maximum absolute atomic E-state index is 12.8. The van der Waals surface area contributed by atoms with Crippen LogP contribution in [-0.2, 0) is 0 Å². The largest absolute Gasteiger partial charge is 0.497 e. The van der Waals surface area contributed by atoms with E-state index in [1.165, 1.54) is 19.4 Å². The van der Waals surface area contributed by atoms with Crippen molar-refractivity contribution < 1.29 is 19.1 Å². The Morgan fingerprint density at radius 2 is 2.00 bits per heavy atom. The van der Waals surface area contributed by atoms with Crippen molar-refractivity contribution in [2.45, 2.75) is 19.8 Å². The standard InChI is InChI=1S/C21H25N3O4/c1-14-5-4-10-24(13-14)21(26)15-8-9-22-18(11-15)20(25)23-17-12-16(27-2)6-7-19(17)28-3/h6-9,11-12,14H,4-5,10,13H2,1-3H3,(H,23,25). The van der Waals surface area contributed by atoms with Crippen LogP contribution in [0.3, 0.4) is 0 Å². The second-order valence-corrected chi connectivity index (χ2v) is 6.95. The van der Waals surface area contributed by atoms with Crippen LogP contribution >= 0.6 is 0 Å². The summed E-state index contributed by atoms with van der Waals surface area (Å²) in [4.78, 5) is 31.4. The van der Waals surface area contributed by atoms with Gasteiger partial charge in [-0.2, -0.15) is 0 Å². The van der Waals surface area contributed by atoms with Gasteiger partial charge in [-0.15, -0.1) is 0 Å². The molecule has 28 heavy (non-hydrogen) atoms. The summed E-state index contributed by atoms with van der Waals surface area (Å²) >= 11 is 0. The zero-order valence-corrected chi connectivity index (χ0v) is 16.4. The topological polar surface area (TPSA) is 80.8 Å². The molecule has 1 unspecified atom stereocenters. The van der Waals surface area contributed by atoms with Gasteiger partial charge in [0, 0.05) is 30.9 Å². The highest BCUT2D eigenvalue weighted by Crippen LogP contribution is 2.29. The van der Waals surface area contributed by atoms with Crippen LogP contribution < -0.4 is 14.8 Å². The predicted molar refractivity (Wildman–Crippen MR) is 106 cm³/mol. The summed E-state index contributed by atoms with van der Waals surface area (Å²) in [6.45, 7) is 3.63. The first-order chi connectivity index (χ1) is 13.5. The molecule has 1 aromatic carbocycles. The molecule has 7 heteroatoms. The number of nitrogens with zero attached hydrogens (tertiary/aromatic N) is 2. The highest BCUT2D eigenvalue weighted by atomic mass is 16.5. The summed E-state index contributed by atoms with van der Waals surface area (Å²) in [7, 11) is 3.07. The highest BCUT2D eigenvalue weighted by molar-refractivity contribution is 6.05. The number of nitrogens with one attached hydrogen (secondary N) is 1. The Kier molecular flexibility index (Phi) is 6.13. The molecule has 0 spiro atoms. The molecule has 0 bridgehead atoms. The number of methoxy groups -OCH3 is 2. The van der Waals surface area contributed by atoms with Crippen molar-refractivity contribution in [1.29, 1.82) is 0 Å². The van der Waals surface area contributed by atoms with E-state index in [4.69, 9.17) is 9.47 Å². The third-order valence-corrected chi connectivity index (χ3v) is 4.84. The Balaban J connectivity index is 1.78. The average Bonchev–Trinajstić information content (AvgIpc) is 2.73. The van der Waals surface area contributed by atoms with Gasteiger partial charge in [-0.05, 0) is 43.0 Å². The van der Waals surface area contributed by atoms with E-state index in [9.17, 15) is 9.59 Å². The van der Waals surface area contributed by atoms with E-state index in [1.807, 2.05) is 4.90 Å². The number of likely N-dealkylation sites (tertiary alicyclic amines) is 1. The maximum atomic E-state index is 12.8. The van der Waals surface area contributed by atoms with Crippen LogP contribution in [0, 0.1) is 5.92 Å². The van der Waals surface area contributed by atoms with Crippen LogP contribution in [0.4, 0.5) is 5.69 Å². The van der Waals surface area contributed by atoms with Gasteiger partial charge >= 0.3 is 0 Å². The van der Waals surface area contributed by atoms with Gasteiger partial charge in [0.05, 0.1) is 19.9 Å². The van der Waals surface area contributed by atoms with Crippen molar-refractivity contribution in [3.63, 3.8) is 0 Å². The number of pyridine rings is 1. The smallest absolute Gasteiger partial charge is 0.274 e. The van der Waals surface area contributed by atoms with Gasteiger partial charge in [-0.1, -0.05) is 6.92 Å². The summed E-state index contributed by atoms with van der Waals surface area (Å²) in [5, 5.41) is 2.77. The fourth-order valence-electron chi connectivity index (χ4n) is 3.34. The van der Waals surface area contributed by atoms with E-state index in [0.29, 0.717) is 28.7 Å². The quantitative estimate of drug-likeness (QED) is 0.857. The van der Waals surface area contributed by atoms with Gasteiger partial charge in [-0.3, -0.25) is 14.6 Å². The number of benzene rings is 1. The van der Waals surface area contributed by atoms with Crippen molar-refractivity contribution >= 4 is 17.5 Å². The zero-order chi connectivity index (χ0) is 20.1.